The highest BCUT2D eigenvalue weighted by atomic mass is 127. The highest BCUT2D eigenvalue weighted by Crippen LogP contribution is 2.15. The van der Waals surface area contributed by atoms with Crippen LogP contribution >= 0.6 is 35.0 Å². The summed E-state index contributed by atoms with van der Waals surface area (Å²) in [7, 11) is 1.63. The van der Waals surface area contributed by atoms with Crippen LogP contribution in [0.2, 0.25) is 0 Å². The molecule has 0 saturated heterocycles. The summed E-state index contributed by atoms with van der Waals surface area (Å²) in [5.41, 5.74) is 0.106. The first-order valence-electron chi connectivity index (χ1n) is 5.58. The number of carbonyl (C=O) groups excluding carboxylic acids is 1. The first kappa shape index (κ1) is 18.6. The van der Waals surface area contributed by atoms with Crippen molar-refractivity contribution >= 4 is 40.9 Å². The Hall–Kier alpha value is -0.440. The second kappa shape index (κ2) is 10.4. The quantitative estimate of drug-likeness (QED) is 0.540. The van der Waals surface area contributed by atoms with Gasteiger partial charge in [0.05, 0.1) is 12.2 Å². The molecule has 108 valence electrons. The Kier molecular flexibility index (Phi) is 10.1. The molecule has 0 spiro atoms. The van der Waals surface area contributed by atoms with Crippen molar-refractivity contribution in [3.05, 3.63) is 33.1 Å². The molecule has 1 rings (SSSR count). The van der Waals surface area contributed by atoms with Gasteiger partial charge in [-0.15, -0.1) is 12.4 Å². The van der Waals surface area contributed by atoms with Crippen LogP contribution in [-0.2, 0) is 4.74 Å². The van der Waals surface area contributed by atoms with Crippen molar-refractivity contribution in [2.75, 3.05) is 33.4 Å². The molecule has 0 unspecified atom stereocenters. The lowest BCUT2D eigenvalue weighted by atomic mass is 10.2. The van der Waals surface area contributed by atoms with Crippen LogP contribution in [0.5, 0.6) is 0 Å². The van der Waals surface area contributed by atoms with Crippen molar-refractivity contribution < 1.29 is 13.9 Å². The van der Waals surface area contributed by atoms with E-state index >= 15 is 0 Å². The van der Waals surface area contributed by atoms with Crippen LogP contribution < -0.4 is 10.6 Å². The fraction of sp³-hybridized carbons (Fsp3) is 0.417. The zero-order valence-electron chi connectivity index (χ0n) is 10.5. The predicted octanol–water partition coefficient (Wildman–Crippen LogP) is 1.82. The minimum absolute atomic E-state index is 0. The van der Waals surface area contributed by atoms with Crippen LogP contribution in [-0.4, -0.2) is 39.3 Å². The second-order valence-electron chi connectivity index (χ2n) is 3.60. The third-order valence-electron chi connectivity index (χ3n) is 2.26. The third kappa shape index (κ3) is 6.51. The van der Waals surface area contributed by atoms with Gasteiger partial charge in [-0.2, -0.15) is 0 Å². The maximum absolute atomic E-state index is 13.5. The molecule has 2 N–H and O–H groups in total. The zero-order valence-corrected chi connectivity index (χ0v) is 13.5. The number of nitrogens with one attached hydrogen (secondary N) is 2. The molecule has 0 bridgehead atoms. The Bertz CT molecular complexity index is 387. The molecular formula is C12H17ClFIN2O2. The van der Waals surface area contributed by atoms with Crippen molar-refractivity contribution in [1.82, 2.24) is 10.6 Å². The number of halogens is 3. The number of benzene rings is 1. The van der Waals surface area contributed by atoms with Crippen LogP contribution in [0.15, 0.2) is 18.2 Å². The number of ether oxygens (including phenoxy) is 1. The van der Waals surface area contributed by atoms with Gasteiger partial charge in [0, 0.05) is 30.3 Å². The molecule has 0 saturated carbocycles. The van der Waals surface area contributed by atoms with Gasteiger partial charge in [-0.25, -0.2) is 4.39 Å². The van der Waals surface area contributed by atoms with Gasteiger partial charge in [-0.3, -0.25) is 4.79 Å². The Morgan fingerprint density at radius 2 is 2.11 bits per heavy atom. The number of amides is 1. The summed E-state index contributed by atoms with van der Waals surface area (Å²) in [6.45, 7) is 2.43. The normalized spacial score (nSPS) is 9.84. The van der Waals surface area contributed by atoms with E-state index in [4.69, 9.17) is 4.74 Å². The Labute approximate surface area is 132 Å². The van der Waals surface area contributed by atoms with Crippen LogP contribution in [0.1, 0.15) is 10.4 Å². The summed E-state index contributed by atoms with van der Waals surface area (Å²) in [5.74, 6) is -0.877. The molecule has 0 aromatic heterocycles. The number of carbonyl (C=O) groups is 1. The average Bonchev–Trinajstić information content (AvgIpc) is 2.33. The number of methoxy groups -OCH3 is 1. The lowest BCUT2D eigenvalue weighted by Gasteiger charge is -2.08. The predicted molar refractivity (Wildman–Crippen MR) is 83.4 cm³/mol. The van der Waals surface area contributed by atoms with E-state index in [0.717, 1.165) is 6.54 Å². The Balaban J connectivity index is 0.00000324. The van der Waals surface area contributed by atoms with E-state index in [2.05, 4.69) is 10.6 Å². The fourth-order valence-electron chi connectivity index (χ4n) is 1.37. The summed E-state index contributed by atoms with van der Waals surface area (Å²) in [6, 6.07) is 4.57. The molecule has 4 nitrogen and oxygen atoms in total. The van der Waals surface area contributed by atoms with Gasteiger partial charge >= 0.3 is 0 Å². The summed E-state index contributed by atoms with van der Waals surface area (Å²) < 4.78 is 19.0. The molecule has 0 radical (unpaired) electrons. The fourth-order valence-corrected chi connectivity index (χ4v) is 2.08. The minimum atomic E-state index is -0.494. The number of rotatable bonds is 7. The van der Waals surface area contributed by atoms with E-state index in [1.165, 1.54) is 6.07 Å². The SMILES string of the molecule is COCCNCCNC(=O)c1c(F)cccc1I.Cl. The molecule has 0 aliphatic rings. The van der Waals surface area contributed by atoms with Gasteiger partial charge in [0.2, 0.25) is 0 Å². The summed E-state index contributed by atoms with van der Waals surface area (Å²) in [6.07, 6.45) is 0. The van der Waals surface area contributed by atoms with Crippen LogP contribution in [0, 0.1) is 9.39 Å². The first-order valence-corrected chi connectivity index (χ1v) is 6.66. The molecule has 0 fully saturated rings. The number of hydrogen-bond acceptors (Lipinski definition) is 3. The lowest BCUT2D eigenvalue weighted by molar-refractivity contribution is 0.0948. The van der Waals surface area contributed by atoms with Crippen LogP contribution in [0.4, 0.5) is 4.39 Å². The summed E-state index contributed by atoms with van der Waals surface area (Å²) in [4.78, 5) is 11.8. The summed E-state index contributed by atoms with van der Waals surface area (Å²) >= 11 is 1.95. The topological polar surface area (TPSA) is 50.4 Å². The van der Waals surface area contributed by atoms with E-state index in [1.54, 1.807) is 19.2 Å². The largest absolute Gasteiger partial charge is 0.383 e. The van der Waals surface area contributed by atoms with Gasteiger partial charge in [-0.1, -0.05) is 6.07 Å². The molecule has 0 aliphatic heterocycles. The molecule has 0 atom stereocenters. The van der Waals surface area contributed by atoms with E-state index in [1.807, 2.05) is 22.6 Å². The highest BCUT2D eigenvalue weighted by Gasteiger charge is 2.14. The zero-order chi connectivity index (χ0) is 13.4. The smallest absolute Gasteiger partial charge is 0.255 e. The van der Waals surface area contributed by atoms with E-state index < -0.39 is 5.82 Å². The van der Waals surface area contributed by atoms with Crippen molar-refractivity contribution in [3.8, 4) is 0 Å². The molecular weight excluding hydrogens is 385 g/mol. The highest BCUT2D eigenvalue weighted by molar-refractivity contribution is 14.1. The Morgan fingerprint density at radius 1 is 1.37 bits per heavy atom. The van der Waals surface area contributed by atoms with Gasteiger partial charge in [0.25, 0.3) is 5.91 Å². The average molecular weight is 403 g/mol. The monoisotopic (exact) mass is 402 g/mol. The molecule has 0 heterocycles. The molecule has 0 aliphatic carbocycles. The van der Waals surface area contributed by atoms with Crippen molar-refractivity contribution in [2.45, 2.75) is 0 Å². The van der Waals surface area contributed by atoms with Crippen LogP contribution in [0.3, 0.4) is 0 Å². The Morgan fingerprint density at radius 3 is 2.74 bits per heavy atom. The van der Waals surface area contributed by atoms with Gasteiger partial charge in [-0.05, 0) is 34.7 Å². The van der Waals surface area contributed by atoms with Crippen molar-refractivity contribution in [3.63, 3.8) is 0 Å². The number of hydrogen-bond donors (Lipinski definition) is 2. The second-order valence-corrected chi connectivity index (χ2v) is 4.76. The molecule has 19 heavy (non-hydrogen) atoms. The van der Waals surface area contributed by atoms with Crippen LogP contribution in [0.25, 0.3) is 0 Å². The maximum Gasteiger partial charge on any atom is 0.255 e. The molecule has 1 amide bonds. The standard InChI is InChI=1S/C12H16FIN2O2.ClH/c1-18-8-7-15-5-6-16-12(17)11-9(13)3-2-4-10(11)14;/h2-4,15H,5-8H2,1H3,(H,16,17);1H. The van der Waals surface area contributed by atoms with E-state index in [9.17, 15) is 9.18 Å². The maximum atomic E-state index is 13.5. The minimum Gasteiger partial charge on any atom is -0.383 e. The molecule has 1 aromatic rings. The third-order valence-corrected chi connectivity index (χ3v) is 3.16. The van der Waals surface area contributed by atoms with Crippen molar-refractivity contribution in [2.24, 2.45) is 0 Å². The van der Waals surface area contributed by atoms with Gasteiger partial charge < -0.3 is 15.4 Å². The van der Waals surface area contributed by atoms with Gasteiger partial charge in [0.1, 0.15) is 5.82 Å². The lowest BCUT2D eigenvalue weighted by Crippen LogP contribution is -2.33. The van der Waals surface area contributed by atoms with E-state index in [-0.39, 0.29) is 23.9 Å². The van der Waals surface area contributed by atoms with Gasteiger partial charge in [0.15, 0.2) is 0 Å². The first-order chi connectivity index (χ1) is 8.66. The van der Waals surface area contributed by atoms with Crippen molar-refractivity contribution in [1.29, 1.82) is 0 Å². The van der Waals surface area contributed by atoms with E-state index in [0.29, 0.717) is 23.3 Å². The molecule has 7 heteroatoms. The summed E-state index contributed by atoms with van der Waals surface area (Å²) in [5, 5.41) is 5.76. The molecule has 1 aromatic carbocycles.